The topological polar surface area (TPSA) is 244 Å². The second kappa shape index (κ2) is 11.7. The molecule has 3 aromatic carbocycles. The van der Waals surface area contributed by atoms with Gasteiger partial charge in [-0.2, -0.15) is 0 Å². The Bertz CT molecular complexity index is 1540. The Morgan fingerprint density at radius 1 is 0.905 bits per heavy atom. The molecule has 1 aliphatic rings. The Hall–Kier alpha value is -5.18. The molecule has 42 heavy (non-hydrogen) atoms. The minimum atomic E-state index is -1.45. The van der Waals surface area contributed by atoms with Crippen molar-refractivity contribution in [2.75, 3.05) is 5.75 Å². The summed E-state index contributed by atoms with van der Waals surface area (Å²) in [7, 11) is 0. The van der Waals surface area contributed by atoms with Gasteiger partial charge in [-0.15, -0.1) is 11.8 Å². The minimum Gasteiger partial charge on any atom is -0.508 e. The third kappa shape index (κ3) is 6.10. The standard InChI is InChI=1S/C27H25NO13S/c1-10(29)28-14(26(37)38)9-42-25-21-17(33)7-13(30)8-20(21)40-23(11-2-3-15(31)16(32)4-11)24(25)41-27(39)12-5-18(34)22(36)19(35)6-12/h2-8,14,23-25,30-36H,9H2,1H3,(H,28,29)(H,37,38)/t14-,23+,24-,25-/m0/s1. The van der Waals surface area contributed by atoms with Crippen molar-refractivity contribution in [3.05, 3.63) is 59.2 Å². The number of carbonyl (C=O) groups excluding carboxylic acids is 2. The zero-order chi connectivity index (χ0) is 30.9. The fraction of sp³-hybridized carbons (Fsp3) is 0.222. The number of esters is 1. The maximum Gasteiger partial charge on any atom is 0.338 e. The van der Waals surface area contributed by atoms with E-state index < -0.39 is 87.2 Å². The smallest absolute Gasteiger partial charge is 0.338 e. The van der Waals surface area contributed by atoms with Crippen molar-refractivity contribution in [1.29, 1.82) is 0 Å². The van der Waals surface area contributed by atoms with Gasteiger partial charge in [-0.25, -0.2) is 9.59 Å². The third-order valence-corrected chi connectivity index (χ3v) is 7.62. The number of hydrogen-bond donors (Lipinski definition) is 9. The number of ether oxygens (including phenoxy) is 2. The van der Waals surface area contributed by atoms with E-state index in [9.17, 15) is 55.2 Å². The first-order chi connectivity index (χ1) is 19.8. The summed E-state index contributed by atoms with van der Waals surface area (Å²) in [6.45, 7) is 1.12. The van der Waals surface area contributed by atoms with Gasteiger partial charge in [0.1, 0.15) is 23.3 Å². The molecule has 0 aromatic heterocycles. The molecule has 0 radical (unpaired) electrons. The summed E-state index contributed by atoms with van der Waals surface area (Å²) in [5.41, 5.74) is -0.255. The molecule has 0 saturated carbocycles. The first kappa shape index (κ1) is 29.8. The highest BCUT2D eigenvalue weighted by Crippen LogP contribution is 2.54. The van der Waals surface area contributed by atoms with E-state index in [1.807, 2.05) is 0 Å². The summed E-state index contributed by atoms with van der Waals surface area (Å²) in [4.78, 5) is 36.7. The first-order valence-corrected chi connectivity index (χ1v) is 13.1. The van der Waals surface area contributed by atoms with Gasteiger partial charge in [0.25, 0.3) is 0 Å². The lowest BCUT2D eigenvalue weighted by molar-refractivity contribution is -0.140. The summed E-state index contributed by atoms with van der Waals surface area (Å²) < 4.78 is 11.8. The second-order valence-corrected chi connectivity index (χ2v) is 10.4. The number of fused-ring (bicyclic) bond motifs is 1. The number of aromatic hydroxyl groups is 7. The maximum absolute atomic E-state index is 13.3. The molecule has 14 nitrogen and oxygen atoms in total. The molecule has 9 N–H and O–H groups in total. The van der Waals surface area contributed by atoms with E-state index in [1.54, 1.807) is 0 Å². The van der Waals surface area contributed by atoms with Gasteiger partial charge in [0, 0.05) is 30.4 Å². The molecule has 222 valence electrons. The molecule has 0 fully saturated rings. The number of carboxylic acids is 1. The fourth-order valence-electron chi connectivity index (χ4n) is 4.32. The number of benzene rings is 3. The van der Waals surface area contributed by atoms with E-state index in [-0.39, 0.29) is 22.6 Å². The number of aliphatic carboxylic acids is 1. The van der Waals surface area contributed by atoms with E-state index in [4.69, 9.17) is 9.47 Å². The molecule has 0 unspecified atom stereocenters. The lowest BCUT2D eigenvalue weighted by Gasteiger charge is -2.39. The number of carbonyl (C=O) groups is 3. The van der Waals surface area contributed by atoms with Crippen molar-refractivity contribution in [2.24, 2.45) is 0 Å². The highest BCUT2D eigenvalue weighted by Gasteiger charge is 2.45. The third-order valence-electron chi connectivity index (χ3n) is 6.23. The number of phenolic OH excluding ortho intramolecular Hbond substituents is 7. The van der Waals surface area contributed by atoms with Crippen LogP contribution < -0.4 is 10.1 Å². The van der Waals surface area contributed by atoms with Gasteiger partial charge >= 0.3 is 11.9 Å². The molecule has 0 spiro atoms. The highest BCUT2D eigenvalue weighted by atomic mass is 32.2. The van der Waals surface area contributed by atoms with Gasteiger partial charge in [0.05, 0.1) is 16.4 Å². The van der Waals surface area contributed by atoms with Crippen LogP contribution in [0.15, 0.2) is 42.5 Å². The molecule has 3 aromatic rings. The summed E-state index contributed by atoms with van der Waals surface area (Å²) in [5, 5.41) is 81.1. The molecule has 1 aliphatic heterocycles. The SMILES string of the molecule is CC(=O)N[C@@H](CS[C@H]1c2c(O)cc(O)cc2O[C@H](c2ccc(O)c(O)c2)[C@@H]1OC(=O)c1cc(O)c(O)c(O)c1)C(=O)O. The van der Waals surface area contributed by atoms with E-state index in [2.05, 4.69) is 5.32 Å². The molecule has 4 atom stereocenters. The zero-order valence-corrected chi connectivity index (χ0v) is 22.4. The van der Waals surface area contributed by atoms with E-state index in [0.717, 1.165) is 55.1 Å². The van der Waals surface area contributed by atoms with E-state index in [0.29, 0.717) is 0 Å². The number of amides is 1. The van der Waals surface area contributed by atoms with Gasteiger partial charge in [-0.1, -0.05) is 6.07 Å². The first-order valence-electron chi connectivity index (χ1n) is 12.1. The maximum atomic E-state index is 13.3. The molecule has 0 aliphatic carbocycles. The number of phenols is 7. The molecule has 15 heteroatoms. The highest BCUT2D eigenvalue weighted by molar-refractivity contribution is 7.99. The Labute approximate surface area is 241 Å². The van der Waals surface area contributed by atoms with Crippen LogP contribution in [-0.4, -0.2) is 76.6 Å². The summed E-state index contributed by atoms with van der Waals surface area (Å²) >= 11 is 0.853. The average Bonchev–Trinajstić information content (AvgIpc) is 2.90. The molecule has 4 rings (SSSR count). The van der Waals surface area contributed by atoms with E-state index >= 15 is 0 Å². The monoisotopic (exact) mass is 603 g/mol. The lowest BCUT2D eigenvalue weighted by atomic mass is 9.93. The minimum absolute atomic E-state index is 0.00165. The zero-order valence-electron chi connectivity index (χ0n) is 21.6. The van der Waals surface area contributed by atoms with Gasteiger partial charge in [0.2, 0.25) is 5.91 Å². The van der Waals surface area contributed by atoms with Crippen LogP contribution in [0, 0.1) is 0 Å². The Morgan fingerprint density at radius 3 is 2.17 bits per heavy atom. The average molecular weight is 604 g/mol. The van der Waals surface area contributed by atoms with Crippen LogP contribution in [0.4, 0.5) is 0 Å². The van der Waals surface area contributed by atoms with Crippen molar-refractivity contribution in [3.63, 3.8) is 0 Å². The van der Waals surface area contributed by atoms with Crippen LogP contribution in [0.3, 0.4) is 0 Å². The Morgan fingerprint density at radius 2 is 1.57 bits per heavy atom. The molecule has 1 heterocycles. The lowest BCUT2D eigenvalue weighted by Crippen LogP contribution is -2.43. The number of hydrogen-bond acceptors (Lipinski definition) is 13. The predicted molar refractivity (Wildman–Crippen MR) is 144 cm³/mol. The number of nitrogens with one attached hydrogen (secondary N) is 1. The van der Waals surface area contributed by atoms with Gasteiger partial charge in [-0.3, -0.25) is 4.79 Å². The van der Waals surface area contributed by atoms with Crippen LogP contribution in [0.5, 0.6) is 46.0 Å². The fourth-order valence-corrected chi connectivity index (χ4v) is 5.74. The van der Waals surface area contributed by atoms with Gasteiger partial charge in [0.15, 0.2) is 41.0 Å². The molecule has 1 amide bonds. The molecular weight excluding hydrogens is 578 g/mol. The van der Waals surface area contributed by atoms with Gasteiger partial charge < -0.3 is 55.6 Å². The predicted octanol–water partition coefficient (Wildman–Crippen LogP) is 2.35. The molecular formula is C27H25NO13S. The Balaban J connectivity index is 1.84. The molecule has 0 saturated heterocycles. The van der Waals surface area contributed by atoms with Crippen LogP contribution in [0.25, 0.3) is 0 Å². The summed E-state index contributed by atoms with van der Waals surface area (Å²) in [5.74, 6) is -7.99. The number of thioether (sulfide) groups is 1. The van der Waals surface area contributed by atoms with Crippen LogP contribution in [0.1, 0.15) is 39.8 Å². The van der Waals surface area contributed by atoms with Crippen molar-refractivity contribution in [2.45, 2.75) is 30.4 Å². The van der Waals surface area contributed by atoms with Crippen molar-refractivity contribution in [1.82, 2.24) is 5.32 Å². The second-order valence-electron chi connectivity index (χ2n) is 9.24. The van der Waals surface area contributed by atoms with Crippen molar-refractivity contribution < 1.29 is 64.7 Å². The van der Waals surface area contributed by atoms with Crippen LogP contribution in [-0.2, 0) is 14.3 Å². The van der Waals surface area contributed by atoms with Crippen LogP contribution >= 0.6 is 11.8 Å². The molecule has 0 bridgehead atoms. The van der Waals surface area contributed by atoms with E-state index in [1.165, 1.54) is 6.07 Å². The number of carboxylic acid groups (broad SMARTS) is 1. The van der Waals surface area contributed by atoms with Crippen molar-refractivity contribution >= 4 is 29.6 Å². The largest absolute Gasteiger partial charge is 0.508 e. The summed E-state index contributed by atoms with van der Waals surface area (Å²) in [6.07, 6.45) is -2.76. The quantitative estimate of drug-likeness (QED) is 0.133. The van der Waals surface area contributed by atoms with Crippen LogP contribution in [0.2, 0.25) is 0 Å². The Kier molecular flexibility index (Phi) is 8.33. The van der Waals surface area contributed by atoms with Crippen molar-refractivity contribution in [3.8, 4) is 46.0 Å². The summed E-state index contributed by atoms with van der Waals surface area (Å²) in [6, 6.07) is 5.98. The van der Waals surface area contributed by atoms with Gasteiger partial charge in [-0.05, 0) is 24.3 Å². The number of rotatable bonds is 8. The normalized spacial score (nSPS) is 18.3.